The average molecular weight is 174 g/mol. The molecule has 0 fully saturated rings. The van der Waals surface area contributed by atoms with E-state index in [0.717, 1.165) is 12.0 Å². The van der Waals surface area contributed by atoms with Gasteiger partial charge in [0.05, 0.1) is 6.61 Å². The second-order valence-corrected chi connectivity index (χ2v) is 2.83. The van der Waals surface area contributed by atoms with Gasteiger partial charge in [0.2, 0.25) is 0 Å². The Morgan fingerprint density at radius 3 is 2.92 bits per heavy atom. The standard InChI is InChI=1S/C12H14O/c1-2-11-7-5-8-12(10-11)6-3-4-9-13/h5,7-8,10,13H,2,4,9H2,1H3. The van der Waals surface area contributed by atoms with E-state index in [0.29, 0.717) is 6.42 Å². The number of benzene rings is 1. The second-order valence-electron chi connectivity index (χ2n) is 2.83. The van der Waals surface area contributed by atoms with Crippen LogP contribution in [-0.2, 0) is 6.42 Å². The van der Waals surface area contributed by atoms with E-state index in [1.54, 1.807) is 0 Å². The molecule has 0 aliphatic heterocycles. The molecule has 0 aliphatic carbocycles. The van der Waals surface area contributed by atoms with Gasteiger partial charge in [0, 0.05) is 12.0 Å². The van der Waals surface area contributed by atoms with E-state index in [4.69, 9.17) is 5.11 Å². The zero-order valence-corrected chi connectivity index (χ0v) is 7.88. The van der Waals surface area contributed by atoms with Crippen LogP contribution >= 0.6 is 0 Å². The van der Waals surface area contributed by atoms with Crippen LogP contribution in [0, 0.1) is 11.8 Å². The maximum Gasteiger partial charge on any atom is 0.0540 e. The SMILES string of the molecule is CCc1cccc(C#CCCO)c1. The third-order valence-corrected chi connectivity index (χ3v) is 1.80. The number of aliphatic hydroxyl groups is 1. The highest BCUT2D eigenvalue weighted by atomic mass is 16.2. The van der Waals surface area contributed by atoms with Crippen molar-refractivity contribution in [2.45, 2.75) is 19.8 Å². The van der Waals surface area contributed by atoms with Gasteiger partial charge < -0.3 is 5.11 Å². The van der Waals surface area contributed by atoms with Gasteiger partial charge in [0.25, 0.3) is 0 Å². The van der Waals surface area contributed by atoms with Crippen LogP contribution in [0.4, 0.5) is 0 Å². The zero-order valence-electron chi connectivity index (χ0n) is 7.88. The van der Waals surface area contributed by atoms with Gasteiger partial charge in [0.1, 0.15) is 0 Å². The van der Waals surface area contributed by atoms with Crippen molar-refractivity contribution in [2.24, 2.45) is 0 Å². The van der Waals surface area contributed by atoms with Crippen LogP contribution in [0.2, 0.25) is 0 Å². The van der Waals surface area contributed by atoms with Gasteiger partial charge in [-0.05, 0) is 24.1 Å². The highest BCUT2D eigenvalue weighted by Gasteiger charge is 1.89. The van der Waals surface area contributed by atoms with Gasteiger partial charge in [-0.25, -0.2) is 0 Å². The van der Waals surface area contributed by atoms with Gasteiger partial charge >= 0.3 is 0 Å². The van der Waals surface area contributed by atoms with Crippen molar-refractivity contribution >= 4 is 0 Å². The molecule has 1 aromatic rings. The maximum atomic E-state index is 8.54. The molecular formula is C12H14O. The minimum Gasteiger partial charge on any atom is -0.395 e. The number of hydrogen-bond donors (Lipinski definition) is 1. The van der Waals surface area contributed by atoms with E-state index in [9.17, 15) is 0 Å². The number of rotatable bonds is 2. The smallest absolute Gasteiger partial charge is 0.0540 e. The molecule has 0 saturated heterocycles. The van der Waals surface area contributed by atoms with Crippen LogP contribution < -0.4 is 0 Å². The quantitative estimate of drug-likeness (QED) is 0.680. The fourth-order valence-corrected chi connectivity index (χ4v) is 1.09. The molecule has 1 heteroatoms. The van der Waals surface area contributed by atoms with Crippen molar-refractivity contribution in [3.63, 3.8) is 0 Å². The normalized spacial score (nSPS) is 9.08. The van der Waals surface area contributed by atoms with Crippen molar-refractivity contribution < 1.29 is 5.11 Å². The lowest BCUT2D eigenvalue weighted by Gasteiger charge is -1.95. The Morgan fingerprint density at radius 2 is 2.23 bits per heavy atom. The van der Waals surface area contributed by atoms with Crippen LogP contribution in [0.1, 0.15) is 24.5 Å². The van der Waals surface area contributed by atoms with E-state index in [1.165, 1.54) is 5.56 Å². The first kappa shape index (κ1) is 9.83. The average Bonchev–Trinajstić information content (AvgIpc) is 2.19. The Hall–Kier alpha value is -1.26. The number of aliphatic hydroxyl groups excluding tert-OH is 1. The topological polar surface area (TPSA) is 20.2 Å². The van der Waals surface area contributed by atoms with Crippen LogP contribution in [0.15, 0.2) is 24.3 Å². The Kier molecular flexibility index (Phi) is 4.08. The van der Waals surface area contributed by atoms with Crippen LogP contribution in [0.5, 0.6) is 0 Å². The van der Waals surface area contributed by atoms with Gasteiger partial charge in [-0.3, -0.25) is 0 Å². The summed E-state index contributed by atoms with van der Waals surface area (Å²) in [5, 5.41) is 8.54. The molecule has 0 heterocycles. The summed E-state index contributed by atoms with van der Waals surface area (Å²) in [6.45, 7) is 2.26. The van der Waals surface area contributed by atoms with Gasteiger partial charge in [-0.1, -0.05) is 30.9 Å². The molecule has 0 saturated carbocycles. The minimum absolute atomic E-state index is 0.139. The molecule has 0 spiro atoms. The summed E-state index contributed by atoms with van der Waals surface area (Å²) < 4.78 is 0. The van der Waals surface area contributed by atoms with E-state index in [2.05, 4.69) is 30.9 Å². The molecule has 0 amide bonds. The third-order valence-electron chi connectivity index (χ3n) is 1.80. The van der Waals surface area contributed by atoms with Crippen molar-refractivity contribution in [3.8, 4) is 11.8 Å². The van der Waals surface area contributed by atoms with Crippen molar-refractivity contribution in [1.82, 2.24) is 0 Å². The van der Waals surface area contributed by atoms with Crippen molar-refractivity contribution in [1.29, 1.82) is 0 Å². The molecule has 1 aromatic carbocycles. The molecule has 0 bridgehead atoms. The summed E-state index contributed by atoms with van der Waals surface area (Å²) >= 11 is 0. The molecule has 0 atom stereocenters. The molecule has 1 N–H and O–H groups in total. The molecule has 1 rings (SSSR count). The predicted molar refractivity (Wildman–Crippen MR) is 54.4 cm³/mol. The van der Waals surface area contributed by atoms with E-state index < -0.39 is 0 Å². The molecule has 13 heavy (non-hydrogen) atoms. The molecule has 0 radical (unpaired) electrons. The second kappa shape index (κ2) is 5.40. The van der Waals surface area contributed by atoms with Crippen molar-refractivity contribution in [3.05, 3.63) is 35.4 Å². The summed E-state index contributed by atoms with van der Waals surface area (Å²) in [6, 6.07) is 8.19. The third kappa shape index (κ3) is 3.31. The minimum atomic E-state index is 0.139. The Labute approximate surface area is 79.4 Å². The summed E-state index contributed by atoms with van der Waals surface area (Å²) in [5.74, 6) is 5.91. The fourth-order valence-electron chi connectivity index (χ4n) is 1.09. The Bertz CT molecular complexity index is 317. The monoisotopic (exact) mass is 174 g/mol. The lowest BCUT2D eigenvalue weighted by Crippen LogP contribution is -1.82. The first-order chi connectivity index (χ1) is 6.36. The predicted octanol–water partition coefficient (Wildman–Crippen LogP) is 1.98. The van der Waals surface area contributed by atoms with E-state index >= 15 is 0 Å². The lowest BCUT2D eigenvalue weighted by molar-refractivity contribution is 0.305. The van der Waals surface area contributed by atoms with Gasteiger partial charge in [-0.2, -0.15) is 0 Å². The van der Waals surface area contributed by atoms with Crippen LogP contribution in [-0.4, -0.2) is 11.7 Å². The molecule has 68 valence electrons. The summed E-state index contributed by atoms with van der Waals surface area (Å²) in [4.78, 5) is 0. The van der Waals surface area contributed by atoms with Gasteiger partial charge in [0.15, 0.2) is 0 Å². The molecule has 0 unspecified atom stereocenters. The molecule has 1 nitrogen and oxygen atoms in total. The summed E-state index contributed by atoms with van der Waals surface area (Å²) in [5.41, 5.74) is 2.34. The number of aryl methyl sites for hydroxylation is 1. The van der Waals surface area contributed by atoms with Gasteiger partial charge in [-0.15, -0.1) is 0 Å². The maximum absolute atomic E-state index is 8.54. The molecule has 0 aromatic heterocycles. The fraction of sp³-hybridized carbons (Fsp3) is 0.333. The first-order valence-corrected chi connectivity index (χ1v) is 4.55. The van der Waals surface area contributed by atoms with E-state index in [-0.39, 0.29) is 6.61 Å². The molecule has 0 aliphatic rings. The lowest BCUT2D eigenvalue weighted by atomic mass is 10.1. The molecular weight excluding hydrogens is 160 g/mol. The van der Waals surface area contributed by atoms with Crippen LogP contribution in [0.3, 0.4) is 0 Å². The largest absolute Gasteiger partial charge is 0.395 e. The Morgan fingerprint density at radius 1 is 1.38 bits per heavy atom. The first-order valence-electron chi connectivity index (χ1n) is 4.55. The van der Waals surface area contributed by atoms with Crippen molar-refractivity contribution in [2.75, 3.05) is 6.61 Å². The van der Waals surface area contributed by atoms with E-state index in [1.807, 2.05) is 12.1 Å². The highest BCUT2D eigenvalue weighted by molar-refractivity contribution is 5.37. The number of hydrogen-bond acceptors (Lipinski definition) is 1. The Balaban J connectivity index is 2.73. The zero-order chi connectivity index (χ0) is 9.52. The summed E-state index contributed by atoms with van der Waals surface area (Å²) in [7, 11) is 0. The summed E-state index contributed by atoms with van der Waals surface area (Å²) in [6.07, 6.45) is 1.59. The highest BCUT2D eigenvalue weighted by Crippen LogP contribution is 2.04. The van der Waals surface area contributed by atoms with Crippen LogP contribution in [0.25, 0.3) is 0 Å².